The Balaban J connectivity index is 2.13. The maximum Gasteiger partial charge on any atom is 0.140 e. The lowest BCUT2D eigenvalue weighted by Crippen LogP contribution is -2.28. The number of hydrogen-bond donors (Lipinski definition) is 2. The normalized spacial score (nSPS) is 11.4. The first-order chi connectivity index (χ1) is 10.2. The highest BCUT2D eigenvalue weighted by molar-refractivity contribution is 9.10. The number of halogens is 1. The number of pyridine rings is 1. The number of aromatic nitrogens is 1. The van der Waals surface area contributed by atoms with Gasteiger partial charge in [-0.1, -0.05) is 23.4 Å². The molecule has 0 aliphatic carbocycles. The fraction of sp³-hybridized carbons (Fsp3) is 0.200. The summed E-state index contributed by atoms with van der Waals surface area (Å²) in [5.41, 5.74) is 7.60. The van der Waals surface area contributed by atoms with E-state index in [4.69, 9.17) is 10.9 Å². The summed E-state index contributed by atoms with van der Waals surface area (Å²) in [4.78, 5) is 6.54. The van der Waals surface area contributed by atoms with Crippen LogP contribution in [0.3, 0.4) is 0 Å². The summed E-state index contributed by atoms with van der Waals surface area (Å²) in [7, 11) is 0. The molecule has 0 atom stereocenters. The molecule has 0 amide bonds. The van der Waals surface area contributed by atoms with Crippen LogP contribution in [-0.4, -0.2) is 22.6 Å². The quantitative estimate of drug-likeness (QED) is 0.364. The van der Waals surface area contributed by atoms with Crippen LogP contribution in [0.1, 0.15) is 12.1 Å². The smallest absolute Gasteiger partial charge is 0.140 e. The Labute approximate surface area is 132 Å². The van der Waals surface area contributed by atoms with Crippen molar-refractivity contribution in [3.8, 4) is 0 Å². The van der Waals surface area contributed by atoms with E-state index in [9.17, 15) is 0 Å². The van der Waals surface area contributed by atoms with Crippen LogP contribution < -0.4 is 10.6 Å². The van der Waals surface area contributed by atoms with Crippen molar-refractivity contribution < 1.29 is 5.21 Å². The third-order valence-corrected chi connectivity index (χ3v) is 3.50. The number of benzene rings is 1. The summed E-state index contributed by atoms with van der Waals surface area (Å²) < 4.78 is 0.953. The van der Waals surface area contributed by atoms with Gasteiger partial charge in [-0.05, 0) is 40.2 Å². The average Bonchev–Trinajstić information content (AvgIpc) is 2.53. The second-order valence-corrected chi connectivity index (χ2v) is 5.48. The van der Waals surface area contributed by atoms with Crippen molar-refractivity contribution >= 4 is 27.5 Å². The second-order valence-electron chi connectivity index (χ2n) is 4.57. The monoisotopic (exact) mass is 348 g/mol. The van der Waals surface area contributed by atoms with Crippen LogP contribution in [-0.2, 0) is 6.54 Å². The van der Waals surface area contributed by atoms with Gasteiger partial charge in [-0.25, -0.2) is 0 Å². The number of hydrogen-bond acceptors (Lipinski definition) is 4. The molecule has 1 aromatic heterocycles. The Hall–Kier alpha value is -2.08. The van der Waals surface area contributed by atoms with Crippen LogP contribution in [0, 0.1) is 0 Å². The van der Waals surface area contributed by atoms with Crippen molar-refractivity contribution in [2.45, 2.75) is 13.0 Å². The lowest BCUT2D eigenvalue weighted by molar-refractivity contribution is 0.317. The second kappa shape index (κ2) is 7.64. The number of anilines is 1. The third kappa shape index (κ3) is 4.75. The number of amidine groups is 1. The van der Waals surface area contributed by atoms with Crippen molar-refractivity contribution in [3.63, 3.8) is 0 Å². The van der Waals surface area contributed by atoms with E-state index < -0.39 is 0 Å². The zero-order valence-electron chi connectivity index (χ0n) is 11.5. The van der Waals surface area contributed by atoms with Gasteiger partial charge in [0.25, 0.3) is 0 Å². The molecule has 0 bridgehead atoms. The molecule has 5 nitrogen and oxygen atoms in total. The molecule has 0 saturated heterocycles. The van der Waals surface area contributed by atoms with Crippen LogP contribution in [0.4, 0.5) is 5.69 Å². The van der Waals surface area contributed by atoms with Gasteiger partial charge in [-0.15, -0.1) is 0 Å². The highest BCUT2D eigenvalue weighted by Gasteiger charge is 2.09. The van der Waals surface area contributed by atoms with E-state index in [1.54, 1.807) is 6.20 Å². The number of para-hydroxylation sites is 1. The first kappa shape index (κ1) is 15.3. The van der Waals surface area contributed by atoms with Crippen LogP contribution >= 0.6 is 15.9 Å². The van der Waals surface area contributed by atoms with Gasteiger partial charge < -0.3 is 15.8 Å². The molecule has 0 spiro atoms. The Kier molecular flexibility index (Phi) is 5.57. The van der Waals surface area contributed by atoms with Crippen molar-refractivity contribution in [2.75, 3.05) is 11.4 Å². The molecule has 0 fully saturated rings. The molecule has 1 aromatic carbocycles. The molecule has 6 heteroatoms. The van der Waals surface area contributed by atoms with E-state index in [2.05, 4.69) is 31.0 Å². The minimum Gasteiger partial charge on any atom is -0.409 e. The van der Waals surface area contributed by atoms with Gasteiger partial charge in [0.15, 0.2) is 0 Å². The topological polar surface area (TPSA) is 74.7 Å². The maximum absolute atomic E-state index is 8.67. The van der Waals surface area contributed by atoms with Gasteiger partial charge in [-0.3, -0.25) is 4.98 Å². The summed E-state index contributed by atoms with van der Waals surface area (Å²) in [5.74, 6) is 0.222. The summed E-state index contributed by atoms with van der Waals surface area (Å²) in [6.07, 6.45) is 2.27. The molecule has 3 N–H and O–H groups in total. The Bertz CT molecular complexity index is 586. The zero-order chi connectivity index (χ0) is 15.1. The molecule has 21 heavy (non-hydrogen) atoms. The lowest BCUT2D eigenvalue weighted by Gasteiger charge is -2.24. The molecular formula is C15H17BrN4O. The van der Waals surface area contributed by atoms with Gasteiger partial charge in [0.05, 0.1) is 12.2 Å². The average molecular weight is 349 g/mol. The number of nitrogens with zero attached hydrogens (tertiary/aromatic N) is 3. The lowest BCUT2D eigenvalue weighted by atomic mass is 10.2. The van der Waals surface area contributed by atoms with E-state index in [0.717, 1.165) is 15.9 Å². The number of oxime groups is 1. The minimum atomic E-state index is 0.222. The number of rotatable bonds is 6. The SMILES string of the molecule is N/C(CCN(Cc1ccc(Br)cn1)c1ccccc1)=N/O. The Morgan fingerprint density at radius 3 is 2.62 bits per heavy atom. The number of nitrogens with two attached hydrogens (primary N) is 1. The Morgan fingerprint density at radius 2 is 2.00 bits per heavy atom. The van der Waals surface area contributed by atoms with E-state index >= 15 is 0 Å². The molecule has 1 heterocycles. The van der Waals surface area contributed by atoms with Crippen molar-refractivity contribution in [3.05, 3.63) is 58.8 Å². The van der Waals surface area contributed by atoms with E-state index in [0.29, 0.717) is 19.5 Å². The molecular weight excluding hydrogens is 332 g/mol. The van der Waals surface area contributed by atoms with Crippen molar-refractivity contribution in [1.82, 2.24) is 4.98 Å². The van der Waals surface area contributed by atoms with E-state index in [1.807, 2.05) is 42.5 Å². The van der Waals surface area contributed by atoms with E-state index in [-0.39, 0.29) is 5.84 Å². The van der Waals surface area contributed by atoms with E-state index in [1.165, 1.54) is 0 Å². The van der Waals surface area contributed by atoms with Crippen LogP contribution in [0.25, 0.3) is 0 Å². The molecule has 0 unspecified atom stereocenters. The molecule has 2 rings (SSSR count). The summed E-state index contributed by atoms with van der Waals surface area (Å²) >= 11 is 3.38. The first-order valence-corrected chi connectivity index (χ1v) is 7.35. The predicted octanol–water partition coefficient (Wildman–Crippen LogP) is 2.99. The third-order valence-electron chi connectivity index (χ3n) is 3.03. The van der Waals surface area contributed by atoms with Gasteiger partial charge in [0.2, 0.25) is 0 Å². The van der Waals surface area contributed by atoms with Crippen LogP contribution in [0.5, 0.6) is 0 Å². The van der Waals surface area contributed by atoms with Gasteiger partial charge >= 0.3 is 0 Å². The summed E-state index contributed by atoms with van der Waals surface area (Å²) in [6, 6.07) is 14.0. The fourth-order valence-corrected chi connectivity index (χ4v) is 2.17. The van der Waals surface area contributed by atoms with Gasteiger partial charge in [-0.2, -0.15) is 0 Å². The summed E-state index contributed by atoms with van der Waals surface area (Å²) in [5, 5.41) is 11.7. The maximum atomic E-state index is 8.67. The minimum absolute atomic E-state index is 0.222. The molecule has 110 valence electrons. The largest absolute Gasteiger partial charge is 0.409 e. The van der Waals surface area contributed by atoms with Gasteiger partial charge in [0, 0.05) is 29.3 Å². The molecule has 2 aromatic rings. The molecule has 0 aliphatic heterocycles. The highest BCUT2D eigenvalue weighted by Crippen LogP contribution is 2.17. The zero-order valence-corrected chi connectivity index (χ0v) is 13.1. The molecule has 0 saturated carbocycles. The molecule has 0 radical (unpaired) electrons. The Morgan fingerprint density at radius 1 is 1.24 bits per heavy atom. The summed E-state index contributed by atoms with van der Waals surface area (Å²) in [6.45, 7) is 1.31. The van der Waals surface area contributed by atoms with Crippen molar-refractivity contribution in [2.24, 2.45) is 10.9 Å². The molecule has 0 aliphatic rings. The van der Waals surface area contributed by atoms with Crippen LogP contribution in [0.15, 0.2) is 58.3 Å². The standard InChI is InChI=1S/C15H17BrN4O/c16-12-6-7-13(18-10-12)11-20(9-8-15(17)19-21)14-4-2-1-3-5-14/h1-7,10,21H,8-9,11H2,(H2,17,19). The van der Waals surface area contributed by atoms with Crippen LogP contribution in [0.2, 0.25) is 0 Å². The van der Waals surface area contributed by atoms with Crippen molar-refractivity contribution in [1.29, 1.82) is 0 Å². The highest BCUT2D eigenvalue weighted by atomic mass is 79.9. The first-order valence-electron chi connectivity index (χ1n) is 6.56. The fourth-order valence-electron chi connectivity index (χ4n) is 1.93. The predicted molar refractivity (Wildman–Crippen MR) is 87.5 cm³/mol. The van der Waals surface area contributed by atoms with Gasteiger partial charge in [0.1, 0.15) is 5.84 Å².